The molecular weight excluding hydrogens is 670 g/mol. The average molecular weight is 718 g/mol. The maximum absolute atomic E-state index is 12.9. The molecule has 0 saturated carbocycles. The van der Waals surface area contributed by atoms with Gasteiger partial charge in [-0.1, -0.05) is 93.6 Å². The lowest BCUT2D eigenvalue weighted by atomic mass is 9.63. The van der Waals surface area contributed by atoms with E-state index >= 15 is 0 Å². The van der Waals surface area contributed by atoms with Gasteiger partial charge in [-0.3, -0.25) is 10.0 Å². The Morgan fingerprint density at radius 1 is 0.679 bits per heavy atom. The highest BCUT2D eigenvalue weighted by molar-refractivity contribution is 5.83. The summed E-state index contributed by atoms with van der Waals surface area (Å²) >= 11 is 0. The van der Waals surface area contributed by atoms with Crippen molar-refractivity contribution in [1.29, 1.82) is 0 Å². The number of ether oxygens (including phenoxy) is 2. The summed E-state index contributed by atoms with van der Waals surface area (Å²) in [6.07, 6.45) is -0.342. The molecule has 53 heavy (non-hydrogen) atoms. The highest BCUT2D eigenvalue weighted by Gasteiger charge is 2.53. The Bertz CT molecular complexity index is 2320. The van der Waals surface area contributed by atoms with E-state index < -0.39 is 33.8 Å². The van der Waals surface area contributed by atoms with Crippen LogP contribution in [0.5, 0.6) is 11.5 Å². The van der Waals surface area contributed by atoms with Crippen LogP contribution in [-0.2, 0) is 4.84 Å². The molecule has 6 rings (SSSR count). The van der Waals surface area contributed by atoms with Crippen LogP contribution < -0.4 is 20.7 Å². The molecule has 0 saturated heterocycles. The molecule has 2 heterocycles. The molecule has 0 fully saturated rings. The van der Waals surface area contributed by atoms with Crippen LogP contribution in [0.3, 0.4) is 0 Å². The van der Waals surface area contributed by atoms with Crippen molar-refractivity contribution < 1.29 is 28.4 Å². The fraction of sp³-hybridized carbons (Fsp3) is 0.318. The number of fused-ring (bicyclic) bond motifs is 2. The molecule has 6 aromatic rings. The summed E-state index contributed by atoms with van der Waals surface area (Å²) in [5.41, 5.74) is 0.437. The minimum atomic E-state index is -0.860. The van der Waals surface area contributed by atoms with Crippen molar-refractivity contribution in [2.75, 3.05) is 7.05 Å². The van der Waals surface area contributed by atoms with E-state index in [1.165, 1.54) is 7.05 Å². The van der Waals surface area contributed by atoms with Gasteiger partial charge < -0.3 is 18.3 Å². The van der Waals surface area contributed by atoms with Gasteiger partial charge in [-0.15, -0.1) is 0 Å². The minimum Gasteiger partial charge on any atom is -0.491 e. The number of hydroxylamine groups is 2. The lowest BCUT2D eigenvalue weighted by Gasteiger charge is -2.51. The summed E-state index contributed by atoms with van der Waals surface area (Å²) in [7, 11) is 1.44. The largest absolute Gasteiger partial charge is 0.491 e. The first kappa shape index (κ1) is 37.5. The van der Waals surface area contributed by atoms with Gasteiger partial charge in [0.05, 0.1) is 23.3 Å². The molecule has 1 N–H and O–H groups in total. The fourth-order valence-corrected chi connectivity index (χ4v) is 7.23. The molecule has 4 aromatic carbocycles. The zero-order valence-corrected chi connectivity index (χ0v) is 31.5. The van der Waals surface area contributed by atoms with Gasteiger partial charge in [0.15, 0.2) is 0 Å². The quantitative estimate of drug-likeness (QED) is 0.0922. The molecule has 0 amide bonds. The van der Waals surface area contributed by atoms with E-state index in [4.69, 9.17) is 23.1 Å². The third-order valence-corrected chi connectivity index (χ3v) is 10.3. The number of hydrogen-bond acceptors (Lipinski definition) is 9. The second-order valence-electron chi connectivity index (χ2n) is 15.4. The monoisotopic (exact) mass is 717 g/mol. The first-order valence-electron chi connectivity index (χ1n) is 17.8. The Kier molecular flexibility index (Phi) is 10.4. The van der Waals surface area contributed by atoms with E-state index in [2.05, 4.69) is 13.8 Å². The molecule has 9 heteroatoms. The highest BCUT2D eigenvalue weighted by atomic mass is 16.9. The van der Waals surface area contributed by atoms with Crippen molar-refractivity contribution in [3.8, 4) is 33.8 Å². The van der Waals surface area contributed by atoms with Gasteiger partial charge >= 0.3 is 11.3 Å². The maximum Gasteiger partial charge on any atom is 0.344 e. The van der Waals surface area contributed by atoms with E-state index in [0.29, 0.717) is 40.2 Å². The van der Waals surface area contributed by atoms with E-state index in [-0.39, 0.29) is 6.10 Å². The van der Waals surface area contributed by atoms with Crippen LogP contribution in [0.25, 0.3) is 44.2 Å². The highest BCUT2D eigenvalue weighted by Crippen LogP contribution is 2.48. The molecule has 2 aromatic heterocycles. The van der Waals surface area contributed by atoms with Crippen molar-refractivity contribution in [3.05, 3.63) is 130 Å². The van der Waals surface area contributed by atoms with Crippen LogP contribution in [0.2, 0.25) is 0 Å². The number of nitrogens with zero attached hydrogens (tertiary/aromatic N) is 1. The smallest absolute Gasteiger partial charge is 0.344 e. The predicted octanol–water partition coefficient (Wildman–Crippen LogP) is 9.92. The Morgan fingerprint density at radius 2 is 1.15 bits per heavy atom. The summed E-state index contributed by atoms with van der Waals surface area (Å²) in [5.74, 6) is 1.09. The van der Waals surface area contributed by atoms with Crippen LogP contribution in [0, 0.1) is 10.8 Å². The number of rotatable bonds is 13. The van der Waals surface area contributed by atoms with Crippen LogP contribution in [-0.4, -0.2) is 35.3 Å². The summed E-state index contributed by atoms with van der Waals surface area (Å²) < 4.78 is 24.5. The van der Waals surface area contributed by atoms with Gasteiger partial charge in [-0.25, -0.2) is 9.59 Å². The van der Waals surface area contributed by atoms with Crippen LogP contribution >= 0.6 is 0 Å². The first-order chi connectivity index (χ1) is 25.0. The Morgan fingerprint density at radius 3 is 1.64 bits per heavy atom. The van der Waals surface area contributed by atoms with Gasteiger partial charge in [0, 0.05) is 35.4 Å². The van der Waals surface area contributed by atoms with Crippen LogP contribution in [0.15, 0.2) is 128 Å². The Labute approximate surface area is 309 Å². The van der Waals surface area contributed by atoms with Crippen molar-refractivity contribution >= 4 is 21.9 Å². The summed E-state index contributed by atoms with van der Waals surface area (Å²) in [6.45, 7) is 14.1. The molecule has 2 atom stereocenters. The molecular formula is C44H47NO8. The second-order valence-corrected chi connectivity index (χ2v) is 15.4. The summed E-state index contributed by atoms with van der Waals surface area (Å²) in [6, 6.07) is 33.5. The van der Waals surface area contributed by atoms with Crippen molar-refractivity contribution in [2.45, 2.75) is 72.7 Å². The zero-order valence-electron chi connectivity index (χ0n) is 31.5. The van der Waals surface area contributed by atoms with Crippen molar-refractivity contribution in [2.24, 2.45) is 10.8 Å². The van der Waals surface area contributed by atoms with Crippen molar-refractivity contribution in [1.82, 2.24) is 5.23 Å². The van der Waals surface area contributed by atoms with Gasteiger partial charge in [-0.05, 0) is 80.1 Å². The van der Waals surface area contributed by atoms with Gasteiger partial charge in [0.2, 0.25) is 0 Å². The van der Waals surface area contributed by atoms with Gasteiger partial charge in [-0.2, -0.15) is 0 Å². The molecule has 2 unspecified atom stereocenters. The minimum absolute atomic E-state index is 0.295. The van der Waals surface area contributed by atoms with Crippen LogP contribution in [0.4, 0.5) is 0 Å². The maximum atomic E-state index is 12.9. The third kappa shape index (κ3) is 8.08. The molecule has 9 nitrogen and oxygen atoms in total. The first-order valence-corrected chi connectivity index (χ1v) is 17.8. The number of hydrogen-bond donors (Lipinski definition) is 1. The second kappa shape index (κ2) is 14.7. The average Bonchev–Trinajstić information content (AvgIpc) is 3.10. The lowest BCUT2D eigenvalue weighted by Crippen LogP contribution is -2.58. The molecule has 276 valence electrons. The van der Waals surface area contributed by atoms with Gasteiger partial charge in [0.25, 0.3) is 0 Å². The number of benzene rings is 4. The van der Waals surface area contributed by atoms with Crippen LogP contribution in [0.1, 0.15) is 54.9 Å². The molecule has 0 radical (unpaired) electrons. The molecule has 0 aliphatic heterocycles. The fourth-order valence-electron chi connectivity index (χ4n) is 7.23. The normalized spacial score (nSPS) is 13.7. The van der Waals surface area contributed by atoms with E-state index in [0.717, 1.165) is 27.1 Å². The van der Waals surface area contributed by atoms with E-state index in [1.807, 2.05) is 132 Å². The molecule has 0 bridgehead atoms. The molecule has 0 aliphatic rings. The lowest BCUT2D eigenvalue weighted by molar-refractivity contribution is -0.381. The summed E-state index contributed by atoms with van der Waals surface area (Å²) in [4.78, 5) is 32.0. The topological polar surface area (TPSA) is 112 Å². The Balaban J connectivity index is 1.20. The molecule has 0 aliphatic carbocycles. The predicted molar refractivity (Wildman–Crippen MR) is 207 cm³/mol. The van der Waals surface area contributed by atoms with Gasteiger partial charge in [0.1, 0.15) is 28.3 Å². The van der Waals surface area contributed by atoms with E-state index in [9.17, 15) is 14.8 Å². The SMILES string of the molecule is CC(CC(C)(C)C(ON(C)O)C(C)(C)C(C)(C)Oc1ccc2cc(-c3ccccc3)c(=O)oc2c1)Oc1ccc2cc(-c3ccccc3)c(=O)oc2c1. The Hall–Kier alpha value is -5.22. The van der Waals surface area contributed by atoms with Crippen molar-refractivity contribution in [3.63, 3.8) is 0 Å². The standard InChI is InChI=1S/C44H47NO8/c1-28(49-33-21-19-31-23-35(29-15-11-9-12-16-29)39(46)50-37(31)25-33)27-42(2,3)41(53-45(8)48)43(4,5)44(6,7)52-34-22-20-32-24-36(30-17-13-10-14-18-30)40(47)51-38(32)26-34/h9-26,28,41,48H,27H2,1-8H3. The summed E-state index contributed by atoms with van der Waals surface area (Å²) in [5, 5.41) is 12.7. The zero-order chi connectivity index (χ0) is 38.1. The molecule has 0 spiro atoms. The van der Waals surface area contributed by atoms with E-state index in [1.54, 1.807) is 12.1 Å². The third-order valence-electron chi connectivity index (χ3n) is 10.3.